The molecule has 1 aliphatic heterocycles. The van der Waals surface area contributed by atoms with Gasteiger partial charge in [-0.3, -0.25) is 9.69 Å². The van der Waals surface area contributed by atoms with Gasteiger partial charge < -0.3 is 10.2 Å². The SMILES string of the molecule is Cc1ccccc1N1CCN(CC(=O)NCC(C)C)CC1. The molecule has 1 heterocycles. The summed E-state index contributed by atoms with van der Waals surface area (Å²) in [6.45, 7) is 11.5. The van der Waals surface area contributed by atoms with Gasteiger partial charge in [0.05, 0.1) is 6.54 Å². The van der Waals surface area contributed by atoms with Gasteiger partial charge in [-0.05, 0) is 24.5 Å². The van der Waals surface area contributed by atoms with E-state index in [-0.39, 0.29) is 5.91 Å². The molecule has 0 spiro atoms. The first kappa shape index (κ1) is 15.8. The number of para-hydroxylation sites is 1. The summed E-state index contributed by atoms with van der Waals surface area (Å²) in [5.74, 6) is 0.653. The molecule has 1 N–H and O–H groups in total. The third-order valence-electron chi connectivity index (χ3n) is 3.90. The lowest BCUT2D eigenvalue weighted by molar-refractivity contribution is -0.122. The van der Waals surface area contributed by atoms with Gasteiger partial charge in [0.1, 0.15) is 0 Å². The highest BCUT2D eigenvalue weighted by Crippen LogP contribution is 2.20. The summed E-state index contributed by atoms with van der Waals surface area (Å²) in [5, 5.41) is 2.99. The van der Waals surface area contributed by atoms with Crippen LogP contribution in [0.3, 0.4) is 0 Å². The Morgan fingerprint density at radius 1 is 1.19 bits per heavy atom. The Labute approximate surface area is 128 Å². The highest BCUT2D eigenvalue weighted by Gasteiger charge is 2.19. The number of benzene rings is 1. The van der Waals surface area contributed by atoms with Gasteiger partial charge in [-0.2, -0.15) is 0 Å². The molecule has 1 aromatic carbocycles. The fourth-order valence-electron chi connectivity index (χ4n) is 2.64. The second kappa shape index (κ2) is 7.46. The summed E-state index contributed by atoms with van der Waals surface area (Å²) in [6, 6.07) is 8.50. The normalized spacial score (nSPS) is 16.3. The lowest BCUT2D eigenvalue weighted by atomic mass is 10.1. The van der Waals surface area contributed by atoms with E-state index in [1.807, 2.05) is 0 Å². The van der Waals surface area contributed by atoms with Crippen LogP contribution < -0.4 is 10.2 Å². The van der Waals surface area contributed by atoms with E-state index < -0.39 is 0 Å². The van der Waals surface area contributed by atoms with Crippen molar-refractivity contribution in [2.75, 3.05) is 44.2 Å². The van der Waals surface area contributed by atoms with Crippen LogP contribution in [-0.4, -0.2) is 50.1 Å². The number of carbonyl (C=O) groups is 1. The molecule has 0 atom stereocenters. The van der Waals surface area contributed by atoms with Crippen LogP contribution in [0.5, 0.6) is 0 Å². The van der Waals surface area contributed by atoms with Crippen molar-refractivity contribution in [3.05, 3.63) is 29.8 Å². The van der Waals surface area contributed by atoms with E-state index in [4.69, 9.17) is 0 Å². The second-order valence-electron chi connectivity index (χ2n) is 6.25. The minimum Gasteiger partial charge on any atom is -0.369 e. The van der Waals surface area contributed by atoms with Crippen molar-refractivity contribution in [2.24, 2.45) is 5.92 Å². The molecule has 0 radical (unpaired) electrons. The minimum atomic E-state index is 0.146. The fourth-order valence-corrected chi connectivity index (χ4v) is 2.64. The van der Waals surface area contributed by atoms with E-state index >= 15 is 0 Å². The third-order valence-corrected chi connectivity index (χ3v) is 3.90. The lowest BCUT2D eigenvalue weighted by Crippen LogP contribution is -2.49. The Hall–Kier alpha value is -1.55. The molecular weight excluding hydrogens is 262 g/mol. The molecule has 4 heteroatoms. The van der Waals surface area contributed by atoms with E-state index in [0.29, 0.717) is 12.5 Å². The first-order valence-corrected chi connectivity index (χ1v) is 7.86. The molecule has 2 rings (SSSR count). The predicted molar refractivity (Wildman–Crippen MR) is 87.7 cm³/mol. The van der Waals surface area contributed by atoms with Crippen molar-refractivity contribution >= 4 is 11.6 Å². The van der Waals surface area contributed by atoms with Crippen LogP contribution in [0.1, 0.15) is 19.4 Å². The van der Waals surface area contributed by atoms with Crippen molar-refractivity contribution in [1.82, 2.24) is 10.2 Å². The molecule has 116 valence electrons. The molecule has 0 aromatic heterocycles. The van der Waals surface area contributed by atoms with Crippen LogP contribution in [0.4, 0.5) is 5.69 Å². The van der Waals surface area contributed by atoms with Gasteiger partial charge >= 0.3 is 0 Å². The molecule has 1 saturated heterocycles. The molecule has 4 nitrogen and oxygen atoms in total. The summed E-state index contributed by atoms with van der Waals surface area (Å²) in [6.07, 6.45) is 0. The van der Waals surface area contributed by atoms with E-state index in [9.17, 15) is 4.79 Å². The zero-order chi connectivity index (χ0) is 15.2. The number of aryl methyl sites for hydroxylation is 1. The van der Waals surface area contributed by atoms with Gasteiger partial charge in [0.15, 0.2) is 0 Å². The van der Waals surface area contributed by atoms with Gasteiger partial charge in [-0.25, -0.2) is 0 Å². The maximum Gasteiger partial charge on any atom is 0.234 e. The molecule has 21 heavy (non-hydrogen) atoms. The number of amides is 1. The van der Waals surface area contributed by atoms with Crippen LogP contribution in [0, 0.1) is 12.8 Å². The topological polar surface area (TPSA) is 35.6 Å². The van der Waals surface area contributed by atoms with Crippen LogP contribution in [0.25, 0.3) is 0 Å². The van der Waals surface area contributed by atoms with Crippen molar-refractivity contribution in [2.45, 2.75) is 20.8 Å². The van der Waals surface area contributed by atoms with Crippen molar-refractivity contribution < 1.29 is 4.79 Å². The third kappa shape index (κ3) is 4.74. The van der Waals surface area contributed by atoms with Crippen molar-refractivity contribution in [3.63, 3.8) is 0 Å². The van der Waals surface area contributed by atoms with Gasteiger partial charge in [0.2, 0.25) is 5.91 Å². The number of carbonyl (C=O) groups excluding carboxylic acids is 1. The van der Waals surface area contributed by atoms with Crippen LogP contribution in [0.15, 0.2) is 24.3 Å². The first-order chi connectivity index (χ1) is 10.1. The predicted octanol–water partition coefficient (Wildman–Crippen LogP) is 1.89. The number of anilines is 1. The van der Waals surface area contributed by atoms with E-state index in [2.05, 4.69) is 60.2 Å². The highest BCUT2D eigenvalue weighted by molar-refractivity contribution is 5.78. The Balaban J connectivity index is 1.78. The molecule has 1 aromatic rings. The van der Waals surface area contributed by atoms with Gasteiger partial charge in [0, 0.05) is 38.4 Å². The Morgan fingerprint density at radius 2 is 1.86 bits per heavy atom. The number of hydrogen-bond donors (Lipinski definition) is 1. The van der Waals surface area contributed by atoms with E-state index in [0.717, 1.165) is 32.7 Å². The number of nitrogens with zero attached hydrogens (tertiary/aromatic N) is 2. The van der Waals surface area contributed by atoms with Crippen molar-refractivity contribution in [1.29, 1.82) is 0 Å². The zero-order valence-corrected chi connectivity index (χ0v) is 13.4. The Bertz CT molecular complexity index is 465. The minimum absolute atomic E-state index is 0.146. The maximum absolute atomic E-state index is 11.9. The summed E-state index contributed by atoms with van der Waals surface area (Å²) < 4.78 is 0. The van der Waals surface area contributed by atoms with E-state index in [1.165, 1.54) is 11.3 Å². The molecule has 1 aliphatic rings. The number of rotatable bonds is 5. The molecule has 0 unspecified atom stereocenters. The molecule has 0 bridgehead atoms. The van der Waals surface area contributed by atoms with Crippen LogP contribution in [0.2, 0.25) is 0 Å². The highest BCUT2D eigenvalue weighted by atomic mass is 16.2. The molecular formula is C17H27N3O. The van der Waals surface area contributed by atoms with Crippen molar-refractivity contribution in [3.8, 4) is 0 Å². The average Bonchev–Trinajstić information content (AvgIpc) is 2.47. The smallest absolute Gasteiger partial charge is 0.234 e. The summed E-state index contributed by atoms with van der Waals surface area (Å²) in [5.41, 5.74) is 2.64. The number of hydrogen-bond acceptors (Lipinski definition) is 3. The zero-order valence-electron chi connectivity index (χ0n) is 13.4. The summed E-state index contributed by atoms with van der Waals surface area (Å²) in [7, 11) is 0. The lowest BCUT2D eigenvalue weighted by Gasteiger charge is -2.36. The van der Waals surface area contributed by atoms with Gasteiger partial charge in [0.25, 0.3) is 0 Å². The van der Waals surface area contributed by atoms with Gasteiger partial charge in [-0.15, -0.1) is 0 Å². The molecule has 0 saturated carbocycles. The Morgan fingerprint density at radius 3 is 2.48 bits per heavy atom. The summed E-state index contributed by atoms with van der Waals surface area (Å²) >= 11 is 0. The van der Waals surface area contributed by atoms with E-state index in [1.54, 1.807) is 0 Å². The number of nitrogens with one attached hydrogen (secondary N) is 1. The quantitative estimate of drug-likeness (QED) is 0.899. The largest absolute Gasteiger partial charge is 0.369 e. The summed E-state index contributed by atoms with van der Waals surface area (Å²) in [4.78, 5) is 16.5. The van der Waals surface area contributed by atoms with Crippen LogP contribution >= 0.6 is 0 Å². The maximum atomic E-state index is 11.9. The average molecular weight is 289 g/mol. The molecule has 1 fully saturated rings. The first-order valence-electron chi connectivity index (χ1n) is 7.86. The Kier molecular flexibility index (Phi) is 5.62. The molecule has 0 aliphatic carbocycles. The monoisotopic (exact) mass is 289 g/mol. The standard InChI is InChI=1S/C17H27N3O/c1-14(2)12-18-17(21)13-19-8-10-20(11-9-19)16-7-5-4-6-15(16)3/h4-7,14H,8-13H2,1-3H3,(H,18,21). The van der Waals surface area contributed by atoms with Crippen LogP contribution in [-0.2, 0) is 4.79 Å². The number of piperazine rings is 1. The fraction of sp³-hybridized carbons (Fsp3) is 0.588. The van der Waals surface area contributed by atoms with Gasteiger partial charge in [-0.1, -0.05) is 32.0 Å². The molecule has 1 amide bonds. The second-order valence-corrected chi connectivity index (χ2v) is 6.25.